The van der Waals surface area contributed by atoms with Gasteiger partial charge < -0.3 is 5.32 Å². The molecular weight excluding hydrogens is 272 g/mol. The van der Waals surface area contributed by atoms with Crippen LogP contribution in [0.2, 0.25) is 0 Å². The fourth-order valence-electron chi connectivity index (χ4n) is 2.13. The van der Waals surface area contributed by atoms with Crippen LogP contribution in [0, 0.1) is 13.8 Å². The number of nitrogens with one attached hydrogen (secondary N) is 1. The molecule has 0 aromatic carbocycles. The van der Waals surface area contributed by atoms with E-state index >= 15 is 0 Å². The van der Waals surface area contributed by atoms with Crippen LogP contribution in [0.4, 0.5) is 5.95 Å². The van der Waals surface area contributed by atoms with Crippen molar-refractivity contribution in [3.05, 3.63) is 22.6 Å². The summed E-state index contributed by atoms with van der Waals surface area (Å²) >= 11 is 1.70. The van der Waals surface area contributed by atoms with Gasteiger partial charge in [-0.3, -0.25) is 0 Å². The van der Waals surface area contributed by atoms with Gasteiger partial charge in [0.15, 0.2) is 5.82 Å². The van der Waals surface area contributed by atoms with Crippen molar-refractivity contribution in [2.45, 2.75) is 27.2 Å². The van der Waals surface area contributed by atoms with Crippen LogP contribution in [0.1, 0.15) is 23.4 Å². The first kappa shape index (κ1) is 13.0. The van der Waals surface area contributed by atoms with Gasteiger partial charge in [-0.05, 0) is 26.3 Å². The van der Waals surface area contributed by atoms with Gasteiger partial charge in [0.2, 0.25) is 5.95 Å². The van der Waals surface area contributed by atoms with Gasteiger partial charge in [0, 0.05) is 11.9 Å². The molecule has 1 N–H and O–H groups in total. The molecule has 104 valence electrons. The number of rotatable bonds is 3. The normalized spacial score (nSPS) is 11.2. The number of thiophene rings is 1. The van der Waals surface area contributed by atoms with E-state index in [1.54, 1.807) is 16.0 Å². The molecule has 0 radical (unpaired) electrons. The van der Waals surface area contributed by atoms with Crippen LogP contribution < -0.4 is 5.32 Å². The number of anilines is 1. The minimum Gasteiger partial charge on any atom is -0.357 e. The largest absolute Gasteiger partial charge is 0.357 e. The van der Waals surface area contributed by atoms with Gasteiger partial charge in [-0.25, -0.2) is 9.97 Å². The highest BCUT2D eigenvalue weighted by Gasteiger charge is 2.15. The van der Waals surface area contributed by atoms with Gasteiger partial charge in [-0.15, -0.1) is 16.4 Å². The number of nitrogens with zero attached hydrogens (tertiary/aromatic N) is 5. The van der Waals surface area contributed by atoms with E-state index in [0.717, 1.165) is 34.1 Å². The van der Waals surface area contributed by atoms with Crippen molar-refractivity contribution in [1.29, 1.82) is 0 Å². The summed E-state index contributed by atoms with van der Waals surface area (Å²) in [6.45, 7) is 5.95. The molecule has 0 aliphatic carbocycles. The first-order valence-corrected chi connectivity index (χ1v) is 7.33. The monoisotopic (exact) mass is 288 g/mol. The van der Waals surface area contributed by atoms with Crippen molar-refractivity contribution in [1.82, 2.24) is 24.7 Å². The quantitative estimate of drug-likeness (QED) is 0.802. The molecule has 0 aliphatic rings. The van der Waals surface area contributed by atoms with Crippen molar-refractivity contribution in [2.24, 2.45) is 0 Å². The molecule has 3 rings (SSSR count). The van der Waals surface area contributed by atoms with Gasteiger partial charge in [-0.1, -0.05) is 6.92 Å². The Labute approximate surface area is 120 Å². The first-order valence-electron chi connectivity index (χ1n) is 6.51. The molecule has 0 amide bonds. The van der Waals surface area contributed by atoms with Gasteiger partial charge in [-0.2, -0.15) is 9.67 Å². The summed E-state index contributed by atoms with van der Waals surface area (Å²) in [7, 11) is 1.82. The molecule has 0 aliphatic heterocycles. The Balaban J connectivity index is 2.32. The number of aromatic nitrogens is 5. The number of fused-ring (bicyclic) bond motifs is 1. The maximum Gasteiger partial charge on any atom is 0.225 e. The van der Waals surface area contributed by atoms with Crippen LogP contribution in [0.5, 0.6) is 0 Å². The minimum absolute atomic E-state index is 0.601. The third kappa shape index (κ3) is 2.03. The zero-order valence-corrected chi connectivity index (χ0v) is 12.7. The molecule has 0 saturated carbocycles. The van der Waals surface area contributed by atoms with Crippen molar-refractivity contribution >= 4 is 27.5 Å². The second-order valence-corrected chi connectivity index (χ2v) is 5.64. The lowest BCUT2D eigenvalue weighted by molar-refractivity contribution is 0.809. The first-order chi connectivity index (χ1) is 9.62. The lowest BCUT2D eigenvalue weighted by Crippen LogP contribution is -2.06. The predicted octanol–water partition coefficient (Wildman–Crippen LogP) is 2.49. The van der Waals surface area contributed by atoms with Crippen molar-refractivity contribution < 1.29 is 0 Å². The molecule has 7 heteroatoms. The molecule has 0 unspecified atom stereocenters. The number of hydrogen-bond acceptors (Lipinski definition) is 6. The van der Waals surface area contributed by atoms with E-state index in [-0.39, 0.29) is 0 Å². The Bertz CT molecular complexity index is 773. The molecule has 6 nitrogen and oxygen atoms in total. The van der Waals surface area contributed by atoms with Gasteiger partial charge in [0.25, 0.3) is 0 Å². The van der Waals surface area contributed by atoms with E-state index in [4.69, 9.17) is 0 Å². The highest BCUT2D eigenvalue weighted by Crippen LogP contribution is 2.29. The standard InChI is InChI=1S/C13H16N6S/c1-5-9-6-10-11(19-8(3)15-7(2)18-19)16-13(14-4)17-12(10)20-9/h6H,5H2,1-4H3,(H,14,16,17). The average Bonchev–Trinajstić information content (AvgIpc) is 3.00. The Kier molecular flexibility index (Phi) is 3.13. The molecule has 0 fully saturated rings. The molecular formula is C13H16N6S. The summed E-state index contributed by atoms with van der Waals surface area (Å²) in [5.74, 6) is 2.96. The summed E-state index contributed by atoms with van der Waals surface area (Å²) in [6.07, 6.45) is 0.991. The number of aryl methyl sites for hydroxylation is 3. The van der Waals surface area contributed by atoms with E-state index < -0.39 is 0 Å². The Morgan fingerprint density at radius 3 is 2.65 bits per heavy atom. The average molecular weight is 288 g/mol. The van der Waals surface area contributed by atoms with E-state index in [2.05, 4.69) is 38.4 Å². The molecule has 0 bridgehead atoms. The Morgan fingerprint density at radius 2 is 2.05 bits per heavy atom. The van der Waals surface area contributed by atoms with E-state index in [1.165, 1.54) is 4.88 Å². The third-order valence-electron chi connectivity index (χ3n) is 3.07. The van der Waals surface area contributed by atoms with Gasteiger partial charge >= 0.3 is 0 Å². The van der Waals surface area contributed by atoms with E-state index in [0.29, 0.717) is 5.95 Å². The molecule has 3 aromatic heterocycles. The van der Waals surface area contributed by atoms with Crippen LogP contribution in [0.15, 0.2) is 6.07 Å². The smallest absolute Gasteiger partial charge is 0.225 e. The zero-order valence-electron chi connectivity index (χ0n) is 11.9. The second kappa shape index (κ2) is 4.82. The lowest BCUT2D eigenvalue weighted by atomic mass is 10.3. The summed E-state index contributed by atoms with van der Waals surface area (Å²) in [4.78, 5) is 15.7. The van der Waals surface area contributed by atoms with Crippen molar-refractivity contribution in [3.8, 4) is 5.82 Å². The summed E-state index contributed by atoms with van der Waals surface area (Å²) < 4.78 is 1.78. The SMILES string of the molecule is CCc1cc2c(-n3nc(C)nc3C)nc(NC)nc2s1. The highest BCUT2D eigenvalue weighted by molar-refractivity contribution is 7.18. The zero-order chi connectivity index (χ0) is 14.3. The van der Waals surface area contributed by atoms with Crippen molar-refractivity contribution in [2.75, 3.05) is 12.4 Å². The molecule has 0 saturated heterocycles. The number of hydrogen-bond donors (Lipinski definition) is 1. The minimum atomic E-state index is 0.601. The molecule has 20 heavy (non-hydrogen) atoms. The van der Waals surface area contributed by atoms with E-state index in [1.807, 2.05) is 20.9 Å². The summed E-state index contributed by atoms with van der Waals surface area (Å²) in [5, 5.41) is 8.47. The summed E-state index contributed by atoms with van der Waals surface area (Å²) in [6, 6.07) is 2.14. The predicted molar refractivity (Wildman–Crippen MR) is 80.7 cm³/mol. The molecule has 3 aromatic rings. The van der Waals surface area contributed by atoms with E-state index in [9.17, 15) is 0 Å². The lowest BCUT2D eigenvalue weighted by Gasteiger charge is -2.06. The fraction of sp³-hybridized carbons (Fsp3) is 0.385. The third-order valence-corrected chi connectivity index (χ3v) is 4.24. The van der Waals surface area contributed by atoms with Crippen LogP contribution in [0.25, 0.3) is 16.0 Å². The summed E-state index contributed by atoms with van der Waals surface area (Å²) in [5.41, 5.74) is 0. The Hall–Kier alpha value is -2.02. The molecule has 0 atom stereocenters. The van der Waals surface area contributed by atoms with Crippen LogP contribution in [-0.2, 0) is 6.42 Å². The topological polar surface area (TPSA) is 68.5 Å². The molecule has 0 spiro atoms. The fourth-order valence-corrected chi connectivity index (χ4v) is 3.09. The Morgan fingerprint density at radius 1 is 1.25 bits per heavy atom. The highest BCUT2D eigenvalue weighted by atomic mass is 32.1. The maximum absolute atomic E-state index is 4.56. The van der Waals surface area contributed by atoms with Crippen molar-refractivity contribution in [3.63, 3.8) is 0 Å². The maximum atomic E-state index is 4.56. The van der Waals surface area contributed by atoms with Gasteiger partial charge in [0.05, 0.1) is 5.39 Å². The molecule has 3 heterocycles. The van der Waals surface area contributed by atoms with Gasteiger partial charge in [0.1, 0.15) is 16.5 Å². The van der Waals surface area contributed by atoms with Crippen LogP contribution in [-0.4, -0.2) is 31.8 Å². The van der Waals surface area contributed by atoms with Crippen LogP contribution >= 0.6 is 11.3 Å². The van der Waals surface area contributed by atoms with Crippen LogP contribution in [0.3, 0.4) is 0 Å². The second-order valence-electron chi connectivity index (χ2n) is 4.52.